The van der Waals surface area contributed by atoms with Gasteiger partial charge in [-0.1, -0.05) is 27.7 Å². The second-order valence-electron chi connectivity index (χ2n) is 4.08. The first-order valence-corrected chi connectivity index (χ1v) is 4.64. The van der Waals surface area contributed by atoms with Gasteiger partial charge in [0.05, 0.1) is 0 Å². The third kappa shape index (κ3) is 2.17. The van der Waals surface area contributed by atoms with E-state index < -0.39 is 5.94 Å². The number of halogens is 1. The first kappa shape index (κ1) is 10.4. The largest absolute Gasteiger partial charge is 0.436 e. The van der Waals surface area contributed by atoms with Crippen molar-refractivity contribution in [3.63, 3.8) is 0 Å². The highest BCUT2D eigenvalue weighted by molar-refractivity contribution is 6.12. The summed E-state index contributed by atoms with van der Waals surface area (Å²) in [4.78, 5) is 0. The third-order valence-electron chi connectivity index (χ3n) is 1.88. The number of hydrogen-bond donors (Lipinski definition) is 0. The van der Waals surface area contributed by atoms with Gasteiger partial charge in [0.1, 0.15) is 11.5 Å². The summed E-state index contributed by atoms with van der Waals surface area (Å²) in [6.45, 7) is 7.84. The van der Waals surface area contributed by atoms with Crippen LogP contribution in [0.5, 0.6) is 0 Å². The molecule has 1 aliphatic rings. The van der Waals surface area contributed by atoms with E-state index in [9.17, 15) is 4.39 Å². The molecular weight excluding hydrogens is 170 g/mol. The van der Waals surface area contributed by atoms with Gasteiger partial charge in [-0.25, -0.2) is 0 Å². The standard InChI is InChI=1S/C9H16BFO2/c1-5(2)7-8(6(3)4)13-9(10,11)12-7/h5-6H,10H2,1-4H3. The molecule has 2 nitrogen and oxygen atoms in total. The van der Waals surface area contributed by atoms with E-state index in [4.69, 9.17) is 9.47 Å². The van der Waals surface area contributed by atoms with Crippen molar-refractivity contribution < 1.29 is 13.9 Å². The molecule has 0 aliphatic carbocycles. The fourth-order valence-corrected chi connectivity index (χ4v) is 1.32. The Kier molecular flexibility index (Phi) is 2.59. The summed E-state index contributed by atoms with van der Waals surface area (Å²) >= 11 is 0. The topological polar surface area (TPSA) is 18.5 Å². The van der Waals surface area contributed by atoms with Crippen LogP contribution in [-0.2, 0) is 9.47 Å². The highest BCUT2D eigenvalue weighted by Crippen LogP contribution is 2.37. The van der Waals surface area contributed by atoms with Crippen LogP contribution in [0.15, 0.2) is 11.5 Å². The lowest BCUT2D eigenvalue weighted by atomic mass is 10.1. The number of allylic oxidation sites excluding steroid dienone is 2. The fourth-order valence-electron chi connectivity index (χ4n) is 1.32. The van der Waals surface area contributed by atoms with Crippen molar-refractivity contribution in [2.24, 2.45) is 11.8 Å². The molecule has 0 fully saturated rings. The summed E-state index contributed by atoms with van der Waals surface area (Å²) in [5, 5.41) is 0. The maximum atomic E-state index is 13.3. The van der Waals surface area contributed by atoms with E-state index in [-0.39, 0.29) is 11.8 Å². The van der Waals surface area contributed by atoms with Gasteiger partial charge in [0.25, 0.3) is 7.85 Å². The van der Waals surface area contributed by atoms with Gasteiger partial charge in [0, 0.05) is 11.8 Å². The molecule has 74 valence electrons. The summed E-state index contributed by atoms with van der Waals surface area (Å²) in [5.74, 6) is -0.371. The summed E-state index contributed by atoms with van der Waals surface area (Å²) in [5.41, 5.74) is 0. The van der Waals surface area contributed by atoms with Crippen LogP contribution in [0.1, 0.15) is 27.7 Å². The minimum absolute atomic E-state index is 0.162. The normalized spacial score (nSPS) is 20.8. The van der Waals surface area contributed by atoms with Crippen molar-refractivity contribution in [2.45, 2.75) is 33.6 Å². The van der Waals surface area contributed by atoms with E-state index in [1.807, 2.05) is 27.7 Å². The van der Waals surface area contributed by atoms with E-state index >= 15 is 0 Å². The lowest BCUT2D eigenvalue weighted by Crippen LogP contribution is -2.25. The molecular formula is C9H16BFO2. The van der Waals surface area contributed by atoms with E-state index in [1.54, 1.807) is 0 Å². The Balaban J connectivity index is 2.90. The predicted molar refractivity (Wildman–Crippen MR) is 51.3 cm³/mol. The van der Waals surface area contributed by atoms with Gasteiger partial charge in [-0.2, -0.15) is 4.39 Å². The molecule has 0 N–H and O–H groups in total. The highest BCUT2D eigenvalue weighted by atomic mass is 19.2. The first-order chi connectivity index (χ1) is 5.83. The SMILES string of the molecule is BC1(F)OC(C(C)C)=C(C(C)C)O1. The zero-order valence-electron chi connectivity index (χ0n) is 8.85. The second-order valence-corrected chi connectivity index (χ2v) is 4.08. The van der Waals surface area contributed by atoms with Gasteiger partial charge in [-0.3, -0.25) is 0 Å². The third-order valence-corrected chi connectivity index (χ3v) is 1.88. The van der Waals surface area contributed by atoms with Crippen molar-refractivity contribution in [1.29, 1.82) is 0 Å². The minimum Gasteiger partial charge on any atom is -0.436 e. The lowest BCUT2D eigenvalue weighted by molar-refractivity contribution is -0.184. The predicted octanol–water partition coefficient (Wildman–Crippen LogP) is 1.77. The van der Waals surface area contributed by atoms with Crippen LogP contribution in [0.4, 0.5) is 4.39 Å². The molecule has 0 spiro atoms. The zero-order chi connectivity index (χ0) is 10.2. The second kappa shape index (κ2) is 3.24. The van der Waals surface area contributed by atoms with Gasteiger partial charge in [0.15, 0.2) is 0 Å². The molecule has 0 amide bonds. The average molecular weight is 186 g/mol. The van der Waals surface area contributed by atoms with E-state index in [2.05, 4.69) is 0 Å². The summed E-state index contributed by atoms with van der Waals surface area (Å²) in [6.07, 6.45) is 0. The molecule has 0 bridgehead atoms. The summed E-state index contributed by atoms with van der Waals surface area (Å²) in [6, 6.07) is 0. The molecule has 1 rings (SSSR count). The van der Waals surface area contributed by atoms with E-state index in [0.717, 1.165) is 0 Å². The molecule has 4 heteroatoms. The maximum Gasteiger partial charge on any atom is 0.347 e. The van der Waals surface area contributed by atoms with Crippen molar-refractivity contribution in [3.05, 3.63) is 11.5 Å². The zero-order valence-corrected chi connectivity index (χ0v) is 8.85. The quantitative estimate of drug-likeness (QED) is 0.612. The molecule has 1 aliphatic heterocycles. The van der Waals surface area contributed by atoms with Crippen LogP contribution in [0.25, 0.3) is 0 Å². The number of hydrogen-bond acceptors (Lipinski definition) is 2. The molecule has 13 heavy (non-hydrogen) atoms. The number of rotatable bonds is 2. The van der Waals surface area contributed by atoms with Crippen LogP contribution < -0.4 is 0 Å². The Morgan fingerprint density at radius 1 is 1.08 bits per heavy atom. The average Bonchev–Trinajstić information content (AvgIpc) is 2.26. The first-order valence-electron chi connectivity index (χ1n) is 4.64. The molecule has 0 aromatic carbocycles. The van der Waals surface area contributed by atoms with Crippen molar-refractivity contribution in [3.8, 4) is 0 Å². The monoisotopic (exact) mass is 186 g/mol. The molecule has 0 atom stereocenters. The Bertz CT molecular complexity index is 212. The lowest BCUT2D eigenvalue weighted by Gasteiger charge is -2.15. The van der Waals surface area contributed by atoms with Crippen LogP contribution in [0, 0.1) is 11.8 Å². The smallest absolute Gasteiger partial charge is 0.347 e. The Morgan fingerprint density at radius 2 is 1.38 bits per heavy atom. The van der Waals surface area contributed by atoms with Crippen molar-refractivity contribution in [2.75, 3.05) is 0 Å². The maximum absolute atomic E-state index is 13.3. The van der Waals surface area contributed by atoms with Crippen molar-refractivity contribution in [1.82, 2.24) is 0 Å². The Labute approximate surface area is 79.5 Å². The van der Waals surface area contributed by atoms with E-state index in [0.29, 0.717) is 11.5 Å². The van der Waals surface area contributed by atoms with Crippen LogP contribution in [0.2, 0.25) is 0 Å². The van der Waals surface area contributed by atoms with Gasteiger partial charge in [-0.05, 0) is 0 Å². The van der Waals surface area contributed by atoms with Crippen LogP contribution >= 0.6 is 0 Å². The highest BCUT2D eigenvalue weighted by Gasteiger charge is 2.39. The fraction of sp³-hybridized carbons (Fsp3) is 0.778. The molecule has 0 aromatic heterocycles. The molecule has 0 aromatic rings. The van der Waals surface area contributed by atoms with E-state index in [1.165, 1.54) is 7.85 Å². The molecule has 0 saturated carbocycles. The Hall–Kier alpha value is -0.665. The summed E-state index contributed by atoms with van der Waals surface area (Å²) < 4.78 is 23.5. The molecule has 0 unspecified atom stereocenters. The van der Waals surface area contributed by atoms with Gasteiger partial charge in [0.2, 0.25) is 0 Å². The van der Waals surface area contributed by atoms with Crippen LogP contribution in [-0.4, -0.2) is 13.8 Å². The van der Waals surface area contributed by atoms with Gasteiger partial charge >= 0.3 is 5.94 Å². The number of alkyl halides is 1. The molecule has 0 radical (unpaired) electrons. The molecule has 1 heterocycles. The number of ether oxygens (including phenoxy) is 2. The Morgan fingerprint density at radius 3 is 1.62 bits per heavy atom. The van der Waals surface area contributed by atoms with Gasteiger partial charge in [-0.15, -0.1) is 0 Å². The van der Waals surface area contributed by atoms with Crippen molar-refractivity contribution >= 4 is 7.85 Å². The summed E-state index contributed by atoms with van der Waals surface area (Å²) in [7, 11) is 1.28. The van der Waals surface area contributed by atoms with Gasteiger partial charge < -0.3 is 9.47 Å². The van der Waals surface area contributed by atoms with Crippen LogP contribution in [0.3, 0.4) is 0 Å². The minimum atomic E-state index is -1.97. The molecule has 0 saturated heterocycles.